The Kier molecular flexibility index (Phi) is 6.11. The van der Waals surface area contributed by atoms with E-state index >= 15 is 0 Å². The number of hydrogen-bond acceptors (Lipinski definition) is 4. The van der Waals surface area contributed by atoms with Gasteiger partial charge in [0.15, 0.2) is 5.16 Å². The zero-order chi connectivity index (χ0) is 20.2. The van der Waals surface area contributed by atoms with Crippen molar-refractivity contribution in [2.24, 2.45) is 7.05 Å². The van der Waals surface area contributed by atoms with Crippen molar-refractivity contribution in [1.29, 1.82) is 0 Å². The Morgan fingerprint density at radius 2 is 1.90 bits per heavy atom. The fraction of sp³-hybridized carbons (Fsp3) is 0.273. The highest BCUT2D eigenvalue weighted by atomic mass is 35.5. The molecule has 1 amide bonds. The van der Waals surface area contributed by atoms with E-state index in [-0.39, 0.29) is 5.91 Å². The molecule has 1 aliphatic heterocycles. The molecule has 1 aliphatic rings. The summed E-state index contributed by atoms with van der Waals surface area (Å²) in [5.74, 6) is 0.883. The second kappa shape index (κ2) is 8.93. The van der Waals surface area contributed by atoms with Gasteiger partial charge in [-0.2, -0.15) is 0 Å². The first kappa shape index (κ1) is 19.9. The second-order valence-corrected chi connectivity index (χ2v) is 8.45. The molecule has 2 aromatic carbocycles. The van der Waals surface area contributed by atoms with Gasteiger partial charge in [0.25, 0.3) is 5.91 Å². The van der Waals surface area contributed by atoms with Gasteiger partial charge >= 0.3 is 0 Å². The van der Waals surface area contributed by atoms with E-state index in [1.807, 2.05) is 59.1 Å². The van der Waals surface area contributed by atoms with E-state index in [4.69, 9.17) is 11.6 Å². The van der Waals surface area contributed by atoms with Gasteiger partial charge in [-0.05, 0) is 35.9 Å². The lowest BCUT2D eigenvalue weighted by Crippen LogP contribution is -2.48. The van der Waals surface area contributed by atoms with Crippen molar-refractivity contribution < 1.29 is 4.79 Å². The van der Waals surface area contributed by atoms with Gasteiger partial charge in [0, 0.05) is 67.6 Å². The Bertz CT molecular complexity index is 998. The number of benzene rings is 2. The van der Waals surface area contributed by atoms with Gasteiger partial charge in [-0.1, -0.05) is 41.6 Å². The number of amides is 1. The predicted octanol–water partition coefficient (Wildman–Crippen LogP) is 4.33. The monoisotopic (exact) mass is 426 g/mol. The Balaban J connectivity index is 1.37. The van der Waals surface area contributed by atoms with Gasteiger partial charge in [-0.3, -0.25) is 4.79 Å². The summed E-state index contributed by atoms with van der Waals surface area (Å²) in [6.07, 6.45) is 3.73. The smallest absolute Gasteiger partial charge is 0.253 e. The number of aryl methyl sites for hydroxylation is 1. The maximum absolute atomic E-state index is 13.0. The van der Waals surface area contributed by atoms with Crippen LogP contribution in [0.4, 0.5) is 5.69 Å². The maximum Gasteiger partial charge on any atom is 0.253 e. The summed E-state index contributed by atoms with van der Waals surface area (Å²) in [5, 5.41) is 1.71. The minimum atomic E-state index is 0.0968. The maximum atomic E-state index is 13.0. The van der Waals surface area contributed by atoms with Crippen molar-refractivity contribution in [1.82, 2.24) is 14.5 Å². The van der Waals surface area contributed by atoms with Crippen molar-refractivity contribution in [3.63, 3.8) is 0 Å². The van der Waals surface area contributed by atoms with Crippen molar-refractivity contribution in [2.45, 2.75) is 10.9 Å². The van der Waals surface area contributed by atoms with Crippen LogP contribution in [0.5, 0.6) is 0 Å². The number of imidazole rings is 1. The van der Waals surface area contributed by atoms with Gasteiger partial charge in [0.2, 0.25) is 0 Å². The van der Waals surface area contributed by atoms with Crippen molar-refractivity contribution >= 4 is 35.0 Å². The van der Waals surface area contributed by atoms with Crippen LogP contribution in [0, 0.1) is 0 Å². The van der Waals surface area contributed by atoms with E-state index < -0.39 is 0 Å². The van der Waals surface area contributed by atoms with Crippen molar-refractivity contribution in [3.8, 4) is 0 Å². The molecule has 29 heavy (non-hydrogen) atoms. The number of carbonyl (C=O) groups excluding carboxylic acids is 1. The molecule has 1 aromatic heterocycles. The van der Waals surface area contributed by atoms with Gasteiger partial charge in [-0.25, -0.2) is 4.98 Å². The van der Waals surface area contributed by atoms with Crippen LogP contribution in [-0.4, -0.2) is 46.5 Å². The van der Waals surface area contributed by atoms with Gasteiger partial charge < -0.3 is 14.4 Å². The number of hydrogen-bond donors (Lipinski definition) is 0. The van der Waals surface area contributed by atoms with Crippen LogP contribution in [0.25, 0.3) is 0 Å². The molecule has 0 bridgehead atoms. The molecule has 5 nitrogen and oxygen atoms in total. The quantitative estimate of drug-likeness (QED) is 0.569. The molecular formula is C22H23ClN4OS. The lowest BCUT2D eigenvalue weighted by Gasteiger charge is -2.36. The number of thioether (sulfide) groups is 1. The Morgan fingerprint density at radius 3 is 2.62 bits per heavy atom. The topological polar surface area (TPSA) is 41.4 Å². The molecule has 7 heteroatoms. The van der Waals surface area contributed by atoms with Crippen molar-refractivity contribution in [2.75, 3.05) is 31.1 Å². The Labute approximate surface area is 180 Å². The second-order valence-electron chi connectivity index (χ2n) is 7.07. The van der Waals surface area contributed by atoms with Gasteiger partial charge in [0.1, 0.15) is 0 Å². The summed E-state index contributed by atoms with van der Waals surface area (Å²) >= 11 is 7.78. The first-order chi connectivity index (χ1) is 14.1. The number of piperazine rings is 1. The zero-order valence-electron chi connectivity index (χ0n) is 16.3. The summed E-state index contributed by atoms with van der Waals surface area (Å²) < 4.78 is 2.00. The molecule has 0 atom stereocenters. The fourth-order valence-electron chi connectivity index (χ4n) is 3.46. The molecule has 0 N–H and O–H groups in total. The molecule has 0 unspecified atom stereocenters. The third-order valence-corrected chi connectivity index (χ3v) is 6.42. The summed E-state index contributed by atoms with van der Waals surface area (Å²) in [4.78, 5) is 21.5. The molecule has 1 saturated heterocycles. The molecule has 0 saturated carbocycles. The lowest BCUT2D eigenvalue weighted by molar-refractivity contribution is 0.0746. The molecule has 0 spiro atoms. The number of rotatable bonds is 5. The first-order valence-corrected chi connectivity index (χ1v) is 11.0. The zero-order valence-corrected chi connectivity index (χ0v) is 17.9. The van der Waals surface area contributed by atoms with E-state index in [0.29, 0.717) is 13.1 Å². The number of aromatic nitrogens is 2. The molecule has 150 valence electrons. The van der Waals surface area contributed by atoms with E-state index in [9.17, 15) is 4.79 Å². The van der Waals surface area contributed by atoms with Crippen LogP contribution >= 0.6 is 23.4 Å². The molecule has 0 aliphatic carbocycles. The fourth-order valence-corrected chi connectivity index (χ4v) is 4.52. The van der Waals surface area contributed by atoms with Crippen molar-refractivity contribution in [3.05, 3.63) is 77.1 Å². The lowest BCUT2D eigenvalue weighted by atomic mass is 10.1. The molecule has 0 radical (unpaired) electrons. The first-order valence-electron chi connectivity index (χ1n) is 9.59. The molecule has 4 rings (SSSR count). The highest BCUT2D eigenvalue weighted by molar-refractivity contribution is 7.98. The van der Waals surface area contributed by atoms with E-state index in [1.54, 1.807) is 18.0 Å². The van der Waals surface area contributed by atoms with Crippen LogP contribution in [0.3, 0.4) is 0 Å². The van der Waals surface area contributed by atoms with Crippen LogP contribution in [0.2, 0.25) is 5.02 Å². The summed E-state index contributed by atoms with van der Waals surface area (Å²) in [5.41, 5.74) is 2.98. The molecule has 3 aromatic rings. The van der Waals surface area contributed by atoms with E-state index in [2.05, 4.69) is 22.0 Å². The predicted molar refractivity (Wildman–Crippen MR) is 119 cm³/mol. The highest BCUT2D eigenvalue weighted by Crippen LogP contribution is 2.23. The molecule has 2 heterocycles. The Morgan fingerprint density at radius 1 is 1.10 bits per heavy atom. The van der Waals surface area contributed by atoms with Crippen LogP contribution in [-0.2, 0) is 12.8 Å². The third-order valence-electron chi connectivity index (χ3n) is 5.06. The number of anilines is 1. The number of nitrogens with zero attached hydrogens (tertiary/aromatic N) is 4. The highest BCUT2D eigenvalue weighted by Gasteiger charge is 2.22. The summed E-state index contributed by atoms with van der Waals surface area (Å²) in [6, 6.07) is 15.8. The molecule has 1 fully saturated rings. The minimum absolute atomic E-state index is 0.0968. The van der Waals surface area contributed by atoms with Crippen LogP contribution < -0.4 is 4.90 Å². The SMILES string of the molecule is Cn1ccnc1SCc1cccc(C(=O)N2CCN(c3cccc(Cl)c3)CC2)c1. The van der Waals surface area contributed by atoms with Gasteiger partial charge in [-0.15, -0.1) is 0 Å². The van der Waals surface area contributed by atoms with Gasteiger partial charge in [0.05, 0.1) is 0 Å². The summed E-state index contributed by atoms with van der Waals surface area (Å²) in [6.45, 7) is 3.02. The average Bonchev–Trinajstić information content (AvgIpc) is 3.17. The Hall–Kier alpha value is -2.44. The minimum Gasteiger partial charge on any atom is -0.368 e. The van der Waals surface area contributed by atoms with Crippen LogP contribution in [0.1, 0.15) is 15.9 Å². The number of halogens is 1. The van der Waals surface area contributed by atoms with Crippen LogP contribution in [0.15, 0.2) is 66.1 Å². The van der Waals surface area contributed by atoms with E-state index in [1.165, 1.54) is 0 Å². The average molecular weight is 427 g/mol. The standard InChI is InChI=1S/C22H23ClN4OS/c1-25-9-8-24-22(25)29-16-17-4-2-5-18(14-17)21(28)27-12-10-26(11-13-27)20-7-3-6-19(23)15-20/h2-9,14-15H,10-13,16H2,1H3. The number of carbonyl (C=O) groups is 1. The third kappa shape index (κ3) is 4.77. The normalized spacial score (nSPS) is 14.3. The summed E-state index contributed by atoms with van der Waals surface area (Å²) in [7, 11) is 1.98. The van der Waals surface area contributed by atoms with E-state index in [0.717, 1.165) is 45.8 Å². The largest absolute Gasteiger partial charge is 0.368 e. The molecular weight excluding hydrogens is 404 g/mol.